The van der Waals surface area contributed by atoms with Crippen LogP contribution in [0.25, 0.3) is 0 Å². The quantitative estimate of drug-likeness (QED) is 0.752. The van der Waals surface area contributed by atoms with Gasteiger partial charge in [0.2, 0.25) is 0 Å². The molecule has 1 aromatic rings. The molecule has 0 bridgehead atoms. The molecule has 0 saturated carbocycles. The van der Waals surface area contributed by atoms with Gasteiger partial charge in [0.05, 0.1) is 5.56 Å². The van der Waals surface area contributed by atoms with E-state index in [2.05, 4.69) is 0 Å². The van der Waals surface area contributed by atoms with Crippen molar-refractivity contribution >= 4 is 0 Å². The van der Waals surface area contributed by atoms with Crippen LogP contribution in [-0.2, 0) is 0 Å². The van der Waals surface area contributed by atoms with Crippen molar-refractivity contribution in [3.8, 4) is 6.07 Å². The van der Waals surface area contributed by atoms with Gasteiger partial charge in [0, 0.05) is 12.5 Å². The van der Waals surface area contributed by atoms with Crippen LogP contribution in [0.5, 0.6) is 0 Å². The third-order valence-electron chi connectivity index (χ3n) is 1.95. The van der Waals surface area contributed by atoms with Gasteiger partial charge in [-0.15, -0.1) is 0 Å². The van der Waals surface area contributed by atoms with Crippen LogP contribution in [0.2, 0.25) is 0 Å². The van der Waals surface area contributed by atoms with Gasteiger partial charge in [-0.25, -0.2) is 4.39 Å². The number of aliphatic hydroxyl groups excluding tert-OH is 1. The van der Waals surface area contributed by atoms with Crippen LogP contribution in [0.15, 0.2) is 18.2 Å². The SMILES string of the molecule is CC(CO)c1cccc(C#N)c1F. The lowest BCUT2D eigenvalue weighted by Crippen LogP contribution is -2.03. The fourth-order valence-corrected chi connectivity index (χ4v) is 1.12. The highest BCUT2D eigenvalue weighted by Gasteiger charge is 2.12. The van der Waals surface area contributed by atoms with Gasteiger partial charge < -0.3 is 5.11 Å². The zero-order chi connectivity index (χ0) is 9.84. The second kappa shape index (κ2) is 4.01. The van der Waals surface area contributed by atoms with E-state index in [9.17, 15) is 4.39 Å². The number of nitriles is 1. The summed E-state index contributed by atoms with van der Waals surface area (Å²) in [5, 5.41) is 17.4. The molecule has 1 rings (SSSR count). The van der Waals surface area contributed by atoms with Gasteiger partial charge in [-0.1, -0.05) is 19.1 Å². The smallest absolute Gasteiger partial charge is 0.144 e. The molecule has 0 aliphatic rings. The monoisotopic (exact) mass is 179 g/mol. The molecule has 1 unspecified atom stereocenters. The standard InChI is InChI=1S/C10H10FNO/c1-7(6-13)9-4-2-3-8(5-12)10(9)11/h2-4,7,13H,6H2,1H3. The minimum absolute atomic E-state index is 0.0257. The van der Waals surface area contributed by atoms with Crippen LogP contribution >= 0.6 is 0 Å². The topological polar surface area (TPSA) is 44.0 Å². The van der Waals surface area contributed by atoms with E-state index < -0.39 is 5.82 Å². The second-order valence-electron chi connectivity index (χ2n) is 2.90. The van der Waals surface area contributed by atoms with E-state index in [1.54, 1.807) is 25.1 Å². The van der Waals surface area contributed by atoms with Crippen LogP contribution in [0.3, 0.4) is 0 Å². The van der Waals surface area contributed by atoms with Crippen molar-refractivity contribution in [2.24, 2.45) is 0 Å². The van der Waals surface area contributed by atoms with Crippen LogP contribution in [0, 0.1) is 17.1 Å². The summed E-state index contributed by atoms with van der Waals surface area (Å²) in [6.45, 7) is 1.59. The molecule has 13 heavy (non-hydrogen) atoms. The summed E-state index contributed by atoms with van der Waals surface area (Å²) in [6.07, 6.45) is 0. The number of hydrogen-bond donors (Lipinski definition) is 1. The maximum Gasteiger partial charge on any atom is 0.144 e. The van der Waals surface area contributed by atoms with Crippen molar-refractivity contribution in [3.05, 3.63) is 35.1 Å². The molecule has 1 N–H and O–H groups in total. The predicted octanol–water partition coefficient (Wildman–Crippen LogP) is 1.79. The lowest BCUT2D eigenvalue weighted by Gasteiger charge is -2.09. The summed E-state index contributed by atoms with van der Waals surface area (Å²) in [5.41, 5.74) is 0.416. The van der Waals surface area contributed by atoms with Crippen LogP contribution in [0.1, 0.15) is 24.0 Å². The lowest BCUT2D eigenvalue weighted by molar-refractivity contribution is 0.270. The number of benzene rings is 1. The molecular formula is C10H10FNO. The average Bonchev–Trinajstić information content (AvgIpc) is 2.17. The maximum absolute atomic E-state index is 13.4. The van der Waals surface area contributed by atoms with Crippen molar-refractivity contribution < 1.29 is 9.50 Å². The van der Waals surface area contributed by atoms with E-state index in [1.165, 1.54) is 6.07 Å². The Hall–Kier alpha value is -1.40. The van der Waals surface area contributed by atoms with Crippen LogP contribution in [-0.4, -0.2) is 11.7 Å². The largest absolute Gasteiger partial charge is 0.396 e. The molecule has 0 fully saturated rings. The zero-order valence-corrected chi connectivity index (χ0v) is 7.29. The summed E-state index contributed by atoms with van der Waals surface area (Å²) in [5.74, 6) is -0.792. The molecule has 68 valence electrons. The molecule has 0 amide bonds. The lowest BCUT2D eigenvalue weighted by atomic mass is 9.99. The number of aliphatic hydroxyl groups is 1. The molecule has 3 heteroatoms. The van der Waals surface area contributed by atoms with Gasteiger partial charge in [-0.2, -0.15) is 5.26 Å². The molecule has 0 saturated heterocycles. The Labute approximate surface area is 76.2 Å². The highest BCUT2D eigenvalue weighted by Crippen LogP contribution is 2.20. The van der Waals surface area contributed by atoms with Gasteiger partial charge in [-0.3, -0.25) is 0 Å². The van der Waals surface area contributed by atoms with E-state index in [-0.39, 0.29) is 18.1 Å². The third-order valence-corrected chi connectivity index (χ3v) is 1.95. The zero-order valence-electron chi connectivity index (χ0n) is 7.29. The van der Waals surface area contributed by atoms with E-state index in [0.717, 1.165) is 0 Å². The van der Waals surface area contributed by atoms with Gasteiger partial charge in [0.25, 0.3) is 0 Å². The Morgan fingerprint density at radius 2 is 2.31 bits per heavy atom. The summed E-state index contributed by atoms with van der Waals surface area (Å²) in [7, 11) is 0. The minimum atomic E-state index is -0.522. The van der Waals surface area contributed by atoms with Gasteiger partial charge >= 0.3 is 0 Å². The first-order chi connectivity index (χ1) is 6.20. The molecule has 0 aliphatic carbocycles. The number of halogens is 1. The van der Waals surface area contributed by atoms with Crippen LogP contribution < -0.4 is 0 Å². The Morgan fingerprint density at radius 3 is 2.85 bits per heavy atom. The molecule has 0 heterocycles. The van der Waals surface area contributed by atoms with E-state index in [4.69, 9.17) is 10.4 Å². The van der Waals surface area contributed by atoms with Gasteiger partial charge in [0.1, 0.15) is 11.9 Å². The molecule has 0 radical (unpaired) electrons. The molecule has 1 aromatic carbocycles. The Kier molecular flexibility index (Phi) is 2.99. The average molecular weight is 179 g/mol. The summed E-state index contributed by atoms with van der Waals surface area (Å²) < 4.78 is 13.4. The fraction of sp³-hybridized carbons (Fsp3) is 0.300. The van der Waals surface area contributed by atoms with Crippen LogP contribution in [0.4, 0.5) is 4.39 Å². The first-order valence-electron chi connectivity index (χ1n) is 4.00. The fourth-order valence-electron chi connectivity index (χ4n) is 1.12. The first-order valence-corrected chi connectivity index (χ1v) is 4.00. The molecule has 1 atom stereocenters. The van der Waals surface area contributed by atoms with E-state index in [0.29, 0.717) is 5.56 Å². The van der Waals surface area contributed by atoms with Crippen molar-refractivity contribution in [1.29, 1.82) is 5.26 Å². The molecule has 0 spiro atoms. The Morgan fingerprint density at radius 1 is 1.62 bits per heavy atom. The van der Waals surface area contributed by atoms with Gasteiger partial charge in [-0.05, 0) is 11.6 Å². The highest BCUT2D eigenvalue weighted by molar-refractivity contribution is 5.36. The van der Waals surface area contributed by atoms with E-state index in [1.807, 2.05) is 0 Å². The normalized spacial score (nSPS) is 12.2. The summed E-state index contributed by atoms with van der Waals surface area (Å²) in [6, 6.07) is 6.37. The molecular weight excluding hydrogens is 169 g/mol. The number of rotatable bonds is 2. The second-order valence-corrected chi connectivity index (χ2v) is 2.90. The summed E-state index contributed by atoms with van der Waals surface area (Å²) in [4.78, 5) is 0. The number of nitrogens with zero attached hydrogens (tertiary/aromatic N) is 1. The predicted molar refractivity (Wildman–Crippen MR) is 46.6 cm³/mol. The van der Waals surface area contributed by atoms with Gasteiger partial charge in [0.15, 0.2) is 0 Å². The Balaban J connectivity index is 3.17. The molecule has 2 nitrogen and oxygen atoms in total. The highest BCUT2D eigenvalue weighted by atomic mass is 19.1. The molecule has 0 aromatic heterocycles. The van der Waals surface area contributed by atoms with Crippen molar-refractivity contribution in [3.63, 3.8) is 0 Å². The third kappa shape index (κ3) is 1.85. The van der Waals surface area contributed by atoms with Crippen molar-refractivity contribution in [2.75, 3.05) is 6.61 Å². The number of hydrogen-bond acceptors (Lipinski definition) is 2. The van der Waals surface area contributed by atoms with E-state index >= 15 is 0 Å². The molecule has 0 aliphatic heterocycles. The summed E-state index contributed by atoms with van der Waals surface area (Å²) >= 11 is 0. The van der Waals surface area contributed by atoms with Crippen molar-refractivity contribution in [1.82, 2.24) is 0 Å². The maximum atomic E-state index is 13.4. The minimum Gasteiger partial charge on any atom is -0.396 e. The van der Waals surface area contributed by atoms with Crippen molar-refractivity contribution in [2.45, 2.75) is 12.8 Å². The first kappa shape index (κ1) is 9.69. The Bertz CT molecular complexity index is 343.